The summed E-state index contributed by atoms with van der Waals surface area (Å²) in [5.74, 6) is -0.0964. The number of benzene rings is 2. The number of nitrogens with zero attached hydrogens (tertiary/aromatic N) is 2. The average Bonchev–Trinajstić information content (AvgIpc) is 3.24. The molecule has 3 aromatic rings. The van der Waals surface area contributed by atoms with Crippen LogP contribution >= 0.6 is 23.2 Å². The molecule has 1 N–H and O–H groups in total. The minimum atomic E-state index is -4.44. The molecule has 0 fully saturated rings. The van der Waals surface area contributed by atoms with Gasteiger partial charge < -0.3 is 9.73 Å². The molecule has 182 valence electrons. The molecular formula is C24H24Cl2F3N3O2. The van der Waals surface area contributed by atoms with Crippen molar-refractivity contribution in [1.29, 1.82) is 0 Å². The number of rotatable bonds is 9. The molecule has 1 amide bonds. The molecule has 1 atom stereocenters. The van der Waals surface area contributed by atoms with E-state index in [0.717, 1.165) is 24.1 Å². The van der Waals surface area contributed by atoms with Crippen molar-refractivity contribution < 1.29 is 22.4 Å². The lowest BCUT2D eigenvalue weighted by Crippen LogP contribution is -2.32. The summed E-state index contributed by atoms with van der Waals surface area (Å²) in [5, 5.41) is 3.72. The first-order valence-electron chi connectivity index (χ1n) is 10.6. The number of nitrogens with one attached hydrogen (secondary N) is 1. The molecule has 5 nitrogen and oxygen atoms in total. The maximum Gasteiger partial charge on any atom is 0.416 e. The monoisotopic (exact) mass is 513 g/mol. The van der Waals surface area contributed by atoms with Crippen molar-refractivity contribution in [2.45, 2.75) is 52.1 Å². The molecule has 0 aliphatic rings. The number of hydrogen-bond donors (Lipinski definition) is 1. The Hall–Kier alpha value is -2.55. The first-order valence-corrected chi connectivity index (χ1v) is 11.4. The summed E-state index contributed by atoms with van der Waals surface area (Å²) in [6, 6.07) is 10.1. The van der Waals surface area contributed by atoms with E-state index < -0.39 is 11.7 Å². The predicted octanol–water partition coefficient (Wildman–Crippen LogP) is 6.73. The Balaban J connectivity index is 1.83. The topological polar surface area (TPSA) is 58.4 Å². The molecule has 34 heavy (non-hydrogen) atoms. The summed E-state index contributed by atoms with van der Waals surface area (Å²) in [5.41, 5.74) is 0.606. The van der Waals surface area contributed by atoms with E-state index in [4.69, 9.17) is 27.6 Å². The Kier molecular flexibility index (Phi) is 8.62. The number of oxazole rings is 1. The molecule has 1 heterocycles. The normalized spacial score (nSPS) is 12.7. The van der Waals surface area contributed by atoms with Crippen molar-refractivity contribution in [3.8, 4) is 0 Å². The highest BCUT2D eigenvalue weighted by molar-refractivity contribution is 6.35. The highest BCUT2D eigenvalue weighted by Gasteiger charge is 2.30. The maximum absolute atomic E-state index is 13.2. The van der Waals surface area contributed by atoms with Crippen molar-refractivity contribution in [3.63, 3.8) is 0 Å². The summed E-state index contributed by atoms with van der Waals surface area (Å²) >= 11 is 12.3. The van der Waals surface area contributed by atoms with Crippen molar-refractivity contribution in [2.75, 3.05) is 0 Å². The molecule has 1 aromatic heterocycles. The molecular weight excluding hydrogens is 490 g/mol. The minimum Gasteiger partial charge on any atom is -0.447 e. The summed E-state index contributed by atoms with van der Waals surface area (Å²) in [6.45, 7) is 4.44. The zero-order chi connectivity index (χ0) is 24.9. The molecule has 0 spiro atoms. The van der Waals surface area contributed by atoms with Crippen LogP contribution in [0.15, 0.2) is 53.1 Å². The van der Waals surface area contributed by atoms with Crippen molar-refractivity contribution in [1.82, 2.24) is 15.2 Å². The lowest BCUT2D eigenvalue weighted by atomic mass is 10.1. The van der Waals surface area contributed by atoms with Crippen molar-refractivity contribution >= 4 is 29.1 Å². The van der Waals surface area contributed by atoms with Crippen molar-refractivity contribution in [3.05, 3.63) is 87.0 Å². The van der Waals surface area contributed by atoms with Crippen LogP contribution in [0, 0.1) is 0 Å². The highest BCUT2D eigenvalue weighted by Crippen LogP contribution is 2.30. The summed E-state index contributed by atoms with van der Waals surface area (Å²) in [7, 11) is 0. The first kappa shape index (κ1) is 26.1. The van der Waals surface area contributed by atoms with Crippen LogP contribution in [0.2, 0.25) is 10.0 Å². The minimum absolute atomic E-state index is 0.0166. The van der Waals surface area contributed by atoms with Gasteiger partial charge in [-0.05, 0) is 42.7 Å². The summed E-state index contributed by atoms with van der Waals surface area (Å²) < 4.78 is 45.0. The zero-order valence-electron chi connectivity index (χ0n) is 18.6. The summed E-state index contributed by atoms with van der Waals surface area (Å²) in [4.78, 5) is 18.4. The Morgan fingerprint density at radius 1 is 1.15 bits per heavy atom. The van der Waals surface area contributed by atoms with Gasteiger partial charge in [0.1, 0.15) is 6.26 Å². The van der Waals surface area contributed by atoms with E-state index in [1.165, 1.54) is 12.3 Å². The number of hydrogen-bond acceptors (Lipinski definition) is 4. The Morgan fingerprint density at radius 2 is 1.91 bits per heavy atom. The van der Waals surface area contributed by atoms with Gasteiger partial charge in [0.15, 0.2) is 5.69 Å². The van der Waals surface area contributed by atoms with E-state index in [-0.39, 0.29) is 36.6 Å². The molecule has 3 rings (SSSR count). The number of aromatic nitrogens is 1. The van der Waals surface area contributed by atoms with Gasteiger partial charge in [-0.3, -0.25) is 9.69 Å². The zero-order valence-corrected chi connectivity index (χ0v) is 20.1. The van der Waals surface area contributed by atoms with E-state index in [2.05, 4.69) is 10.3 Å². The second-order valence-electron chi connectivity index (χ2n) is 7.99. The number of amides is 1. The molecule has 0 bridgehead atoms. The standard InChI is InChI=1S/C24H24Cl2F3N3O2/c1-3-15(2)30-23(33)21-14-34-22(31-21)13-32(12-17-7-8-19(25)10-20(17)26)11-16-5-4-6-18(9-16)24(27,28)29/h4-10,14-15H,3,11-13H2,1-2H3,(H,30,33)/t15-/m1/s1. The Bertz CT molecular complexity index is 1130. The fraction of sp³-hybridized carbons (Fsp3) is 0.333. The van der Waals surface area contributed by atoms with Gasteiger partial charge in [-0.2, -0.15) is 13.2 Å². The van der Waals surface area contributed by atoms with E-state index >= 15 is 0 Å². The summed E-state index contributed by atoms with van der Waals surface area (Å²) in [6.07, 6.45) is -2.41. The molecule has 0 saturated carbocycles. The van der Waals surface area contributed by atoms with Gasteiger partial charge in [-0.1, -0.05) is 54.4 Å². The molecule has 0 aliphatic carbocycles. The average molecular weight is 514 g/mol. The van der Waals surface area contributed by atoms with Gasteiger partial charge >= 0.3 is 6.18 Å². The van der Waals surface area contributed by atoms with Gasteiger partial charge in [0, 0.05) is 29.2 Å². The van der Waals surface area contributed by atoms with Gasteiger partial charge in [-0.15, -0.1) is 0 Å². The molecule has 2 aromatic carbocycles. The van der Waals surface area contributed by atoms with E-state index in [1.807, 2.05) is 18.7 Å². The third kappa shape index (κ3) is 7.22. The lowest BCUT2D eigenvalue weighted by Gasteiger charge is -2.22. The second kappa shape index (κ2) is 11.3. The van der Waals surface area contributed by atoms with E-state index in [9.17, 15) is 18.0 Å². The van der Waals surface area contributed by atoms with Crippen LogP contribution in [0.4, 0.5) is 13.2 Å². The maximum atomic E-state index is 13.2. The molecule has 10 heteroatoms. The van der Waals surface area contributed by atoms with Crippen LogP contribution in [0.1, 0.15) is 53.3 Å². The first-order chi connectivity index (χ1) is 16.0. The predicted molar refractivity (Wildman–Crippen MR) is 125 cm³/mol. The van der Waals surface area contributed by atoms with Gasteiger partial charge in [0.05, 0.1) is 12.1 Å². The van der Waals surface area contributed by atoms with Gasteiger partial charge in [0.25, 0.3) is 5.91 Å². The fourth-order valence-corrected chi connectivity index (χ4v) is 3.71. The number of alkyl halides is 3. The quantitative estimate of drug-likeness (QED) is 0.344. The van der Waals surface area contributed by atoms with Gasteiger partial charge in [-0.25, -0.2) is 4.98 Å². The molecule has 0 saturated heterocycles. The Labute approximate surface area is 205 Å². The van der Waals surface area contributed by atoms with Crippen molar-refractivity contribution in [2.24, 2.45) is 0 Å². The number of carbonyl (C=O) groups excluding carboxylic acids is 1. The lowest BCUT2D eigenvalue weighted by molar-refractivity contribution is -0.137. The van der Waals surface area contributed by atoms with Crippen LogP contribution in [-0.2, 0) is 25.8 Å². The Morgan fingerprint density at radius 3 is 2.59 bits per heavy atom. The second-order valence-corrected chi connectivity index (χ2v) is 8.83. The van der Waals surface area contributed by atoms with E-state index in [1.54, 1.807) is 24.3 Å². The van der Waals surface area contributed by atoms with E-state index in [0.29, 0.717) is 22.2 Å². The third-order valence-electron chi connectivity index (χ3n) is 5.20. The third-order valence-corrected chi connectivity index (χ3v) is 5.79. The van der Waals surface area contributed by atoms with Crippen LogP contribution in [0.25, 0.3) is 0 Å². The van der Waals surface area contributed by atoms with Crippen LogP contribution in [0.5, 0.6) is 0 Å². The smallest absolute Gasteiger partial charge is 0.416 e. The largest absolute Gasteiger partial charge is 0.447 e. The SMILES string of the molecule is CC[C@@H](C)NC(=O)c1coc(CN(Cc2cccc(C(F)(F)F)c2)Cc2ccc(Cl)cc2Cl)n1. The molecule has 0 unspecified atom stereocenters. The number of carbonyl (C=O) groups is 1. The van der Waals surface area contributed by atoms with Crippen LogP contribution < -0.4 is 5.32 Å². The number of halogens is 5. The van der Waals surface area contributed by atoms with Crippen LogP contribution in [-0.4, -0.2) is 21.8 Å². The molecule has 0 aliphatic heterocycles. The molecule has 0 radical (unpaired) electrons. The fourth-order valence-electron chi connectivity index (χ4n) is 3.24. The van der Waals surface area contributed by atoms with Crippen LogP contribution in [0.3, 0.4) is 0 Å². The van der Waals surface area contributed by atoms with Gasteiger partial charge in [0.2, 0.25) is 5.89 Å². The highest BCUT2D eigenvalue weighted by atomic mass is 35.5.